The SMILES string of the molecule is CCCC(C)NC(=O)C1CCCC1C(=O)O. The molecule has 0 aromatic carbocycles. The maximum absolute atomic E-state index is 11.9. The molecule has 0 heterocycles. The van der Waals surface area contributed by atoms with Gasteiger partial charge < -0.3 is 10.4 Å². The average molecular weight is 227 g/mol. The van der Waals surface area contributed by atoms with Gasteiger partial charge in [-0.25, -0.2) is 0 Å². The number of hydrogen-bond donors (Lipinski definition) is 2. The molecule has 0 bridgehead atoms. The molecule has 0 radical (unpaired) electrons. The molecule has 1 saturated carbocycles. The lowest BCUT2D eigenvalue weighted by Gasteiger charge is -2.19. The summed E-state index contributed by atoms with van der Waals surface area (Å²) in [5, 5.41) is 11.9. The molecular formula is C12H21NO3. The summed E-state index contributed by atoms with van der Waals surface area (Å²) in [5.41, 5.74) is 0. The van der Waals surface area contributed by atoms with Crippen LogP contribution in [0.5, 0.6) is 0 Å². The first kappa shape index (κ1) is 13.0. The topological polar surface area (TPSA) is 66.4 Å². The predicted octanol–water partition coefficient (Wildman–Crippen LogP) is 1.79. The van der Waals surface area contributed by atoms with Crippen molar-refractivity contribution < 1.29 is 14.7 Å². The van der Waals surface area contributed by atoms with E-state index in [-0.39, 0.29) is 17.9 Å². The van der Waals surface area contributed by atoms with Crippen LogP contribution in [0.3, 0.4) is 0 Å². The highest BCUT2D eigenvalue weighted by atomic mass is 16.4. The number of hydrogen-bond acceptors (Lipinski definition) is 2. The first-order chi connectivity index (χ1) is 7.56. The van der Waals surface area contributed by atoms with Crippen LogP contribution in [0.25, 0.3) is 0 Å². The Morgan fingerprint density at radius 3 is 2.56 bits per heavy atom. The summed E-state index contributed by atoms with van der Waals surface area (Å²) in [4.78, 5) is 22.8. The first-order valence-corrected chi connectivity index (χ1v) is 6.09. The Morgan fingerprint density at radius 1 is 1.38 bits per heavy atom. The van der Waals surface area contributed by atoms with Crippen LogP contribution in [0.2, 0.25) is 0 Å². The fraction of sp³-hybridized carbons (Fsp3) is 0.833. The molecular weight excluding hydrogens is 206 g/mol. The van der Waals surface area contributed by atoms with Gasteiger partial charge in [-0.3, -0.25) is 9.59 Å². The van der Waals surface area contributed by atoms with Gasteiger partial charge in [0, 0.05) is 6.04 Å². The fourth-order valence-corrected chi connectivity index (χ4v) is 2.42. The fourth-order valence-electron chi connectivity index (χ4n) is 2.42. The molecule has 1 amide bonds. The van der Waals surface area contributed by atoms with Crippen molar-refractivity contribution in [2.45, 2.75) is 52.0 Å². The van der Waals surface area contributed by atoms with Crippen molar-refractivity contribution in [3.8, 4) is 0 Å². The molecule has 3 unspecified atom stereocenters. The quantitative estimate of drug-likeness (QED) is 0.752. The lowest BCUT2D eigenvalue weighted by atomic mass is 9.95. The lowest BCUT2D eigenvalue weighted by molar-refractivity contribution is -0.146. The molecule has 4 nitrogen and oxygen atoms in total. The molecule has 2 N–H and O–H groups in total. The van der Waals surface area contributed by atoms with Crippen LogP contribution in [-0.4, -0.2) is 23.0 Å². The smallest absolute Gasteiger partial charge is 0.307 e. The van der Waals surface area contributed by atoms with Crippen LogP contribution < -0.4 is 5.32 Å². The second kappa shape index (κ2) is 5.87. The van der Waals surface area contributed by atoms with E-state index in [2.05, 4.69) is 12.2 Å². The molecule has 0 aromatic rings. The maximum atomic E-state index is 11.9. The van der Waals surface area contributed by atoms with E-state index in [1.165, 1.54) is 0 Å². The van der Waals surface area contributed by atoms with Gasteiger partial charge in [-0.2, -0.15) is 0 Å². The zero-order valence-corrected chi connectivity index (χ0v) is 10.0. The van der Waals surface area contributed by atoms with Gasteiger partial charge in [-0.15, -0.1) is 0 Å². The van der Waals surface area contributed by atoms with Gasteiger partial charge >= 0.3 is 5.97 Å². The number of carbonyl (C=O) groups excluding carboxylic acids is 1. The normalized spacial score (nSPS) is 26.4. The molecule has 92 valence electrons. The Bertz CT molecular complexity index is 265. The number of carboxylic acid groups (broad SMARTS) is 1. The number of amides is 1. The lowest BCUT2D eigenvalue weighted by Crippen LogP contribution is -2.39. The van der Waals surface area contributed by atoms with E-state index in [1.54, 1.807) is 0 Å². The number of nitrogens with one attached hydrogen (secondary N) is 1. The van der Waals surface area contributed by atoms with Crippen LogP contribution in [0.1, 0.15) is 46.0 Å². The Morgan fingerprint density at radius 2 is 2.00 bits per heavy atom. The van der Waals surface area contributed by atoms with Crippen molar-refractivity contribution in [3.05, 3.63) is 0 Å². The minimum atomic E-state index is -0.833. The Balaban J connectivity index is 2.49. The number of rotatable bonds is 5. The molecule has 4 heteroatoms. The summed E-state index contributed by atoms with van der Waals surface area (Å²) in [6.07, 6.45) is 4.15. The number of carbonyl (C=O) groups is 2. The molecule has 0 spiro atoms. The Kier molecular flexibility index (Phi) is 4.77. The van der Waals surface area contributed by atoms with Crippen LogP contribution >= 0.6 is 0 Å². The first-order valence-electron chi connectivity index (χ1n) is 6.09. The van der Waals surface area contributed by atoms with Gasteiger partial charge in [0.25, 0.3) is 0 Å². The molecule has 3 atom stereocenters. The molecule has 1 rings (SSSR count). The predicted molar refractivity (Wildman–Crippen MR) is 61.0 cm³/mol. The van der Waals surface area contributed by atoms with Gasteiger partial charge in [-0.1, -0.05) is 19.8 Å². The van der Waals surface area contributed by atoms with Gasteiger partial charge in [0.15, 0.2) is 0 Å². The average Bonchev–Trinajstić information content (AvgIpc) is 2.65. The molecule has 0 aromatic heterocycles. The second-order valence-electron chi connectivity index (χ2n) is 4.68. The van der Waals surface area contributed by atoms with E-state index in [9.17, 15) is 9.59 Å². The molecule has 1 aliphatic carbocycles. The van der Waals surface area contributed by atoms with E-state index in [4.69, 9.17) is 5.11 Å². The van der Waals surface area contributed by atoms with Gasteiger partial charge in [-0.05, 0) is 26.2 Å². The minimum absolute atomic E-state index is 0.0779. The molecule has 1 fully saturated rings. The van der Waals surface area contributed by atoms with Crippen molar-refractivity contribution in [1.82, 2.24) is 5.32 Å². The van der Waals surface area contributed by atoms with Gasteiger partial charge in [0.2, 0.25) is 5.91 Å². The number of carboxylic acids is 1. The number of aliphatic carboxylic acids is 1. The van der Waals surface area contributed by atoms with E-state index in [1.807, 2.05) is 6.92 Å². The summed E-state index contributed by atoms with van der Waals surface area (Å²) in [7, 11) is 0. The summed E-state index contributed by atoms with van der Waals surface area (Å²) in [5.74, 6) is -1.71. The standard InChI is InChI=1S/C12H21NO3/c1-3-5-8(2)13-11(14)9-6-4-7-10(9)12(15)16/h8-10H,3-7H2,1-2H3,(H,13,14)(H,15,16). The summed E-state index contributed by atoms with van der Waals surface area (Å²) in [6.45, 7) is 4.03. The summed E-state index contributed by atoms with van der Waals surface area (Å²) < 4.78 is 0. The largest absolute Gasteiger partial charge is 0.481 e. The zero-order valence-electron chi connectivity index (χ0n) is 10.0. The van der Waals surface area contributed by atoms with Crippen LogP contribution in [-0.2, 0) is 9.59 Å². The molecule has 16 heavy (non-hydrogen) atoms. The van der Waals surface area contributed by atoms with Gasteiger partial charge in [0.1, 0.15) is 0 Å². The van der Waals surface area contributed by atoms with Crippen LogP contribution in [0.4, 0.5) is 0 Å². The van der Waals surface area contributed by atoms with Crippen LogP contribution in [0, 0.1) is 11.8 Å². The van der Waals surface area contributed by atoms with E-state index in [0.717, 1.165) is 19.3 Å². The third kappa shape index (κ3) is 3.22. The highest BCUT2D eigenvalue weighted by Crippen LogP contribution is 2.32. The Hall–Kier alpha value is -1.06. The van der Waals surface area contributed by atoms with E-state index < -0.39 is 11.9 Å². The van der Waals surface area contributed by atoms with E-state index in [0.29, 0.717) is 12.8 Å². The Labute approximate surface area is 96.4 Å². The van der Waals surface area contributed by atoms with Crippen LogP contribution in [0.15, 0.2) is 0 Å². The summed E-state index contributed by atoms with van der Waals surface area (Å²) in [6, 6.07) is 0.146. The minimum Gasteiger partial charge on any atom is -0.481 e. The van der Waals surface area contributed by atoms with Gasteiger partial charge in [0.05, 0.1) is 11.8 Å². The zero-order chi connectivity index (χ0) is 12.1. The molecule has 0 aliphatic heterocycles. The molecule has 1 aliphatic rings. The monoisotopic (exact) mass is 227 g/mol. The highest BCUT2D eigenvalue weighted by molar-refractivity contribution is 5.85. The van der Waals surface area contributed by atoms with Crippen molar-refractivity contribution in [2.75, 3.05) is 0 Å². The maximum Gasteiger partial charge on any atom is 0.307 e. The third-order valence-corrected chi connectivity index (χ3v) is 3.28. The highest BCUT2D eigenvalue weighted by Gasteiger charge is 2.37. The van der Waals surface area contributed by atoms with E-state index >= 15 is 0 Å². The van der Waals surface area contributed by atoms with Crippen molar-refractivity contribution in [3.63, 3.8) is 0 Å². The van der Waals surface area contributed by atoms with Crippen molar-refractivity contribution in [1.29, 1.82) is 0 Å². The van der Waals surface area contributed by atoms with Crippen molar-refractivity contribution in [2.24, 2.45) is 11.8 Å². The van der Waals surface area contributed by atoms with Crippen molar-refractivity contribution >= 4 is 11.9 Å². The third-order valence-electron chi connectivity index (χ3n) is 3.28. The molecule has 0 saturated heterocycles. The second-order valence-corrected chi connectivity index (χ2v) is 4.68. The summed E-state index contributed by atoms with van der Waals surface area (Å²) >= 11 is 0.